The van der Waals surface area contributed by atoms with Crippen LogP contribution >= 0.6 is 63.0 Å². The summed E-state index contributed by atoms with van der Waals surface area (Å²) in [5, 5.41) is 8.50. The molecule has 2 aromatic carbocycles. The van der Waals surface area contributed by atoms with Crippen molar-refractivity contribution >= 4 is 79.7 Å². The summed E-state index contributed by atoms with van der Waals surface area (Å²) >= 11 is 26.8. The fourth-order valence-corrected chi connectivity index (χ4v) is 3.45. The van der Waals surface area contributed by atoms with Gasteiger partial charge in [0.1, 0.15) is 6.17 Å². The lowest BCUT2D eigenvalue weighted by Crippen LogP contribution is -2.56. The third-order valence-electron chi connectivity index (χ3n) is 3.89. The number of thiocarbonyl (C=S) groups is 1. The maximum atomic E-state index is 12.9. The van der Waals surface area contributed by atoms with Crippen LogP contribution in [0.5, 0.6) is 17.2 Å². The van der Waals surface area contributed by atoms with E-state index >= 15 is 0 Å². The Labute approximate surface area is 208 Å². The van der Waals surface area contributed by atoms with Crippen LogP contribution in [0.2, 0.25) is 0 Å². The molecule has 0 bridgehead atoms. The van der Waals surface area contributed by atoms with Crippen LogP contribution in [0.25, 0.3) is 0 Å². The standard InChI is InChI=1S/C19H19BrCl3N3O4S/c1-28-13-7-10(8-14(29-2)15(13)30-3)16(27)25-17(19(21,22)23)26-18(31)24-12-6-4-5-11(20)9-12/h4-9,17H,1-3H3,(H,25,27)(H2,24,26,31)/t17-/m1/s1. The molecule has 3 N–H and O–H groups in total. The molecule has 1 amide bonds. The summed E-state index contributed by atoms with van der Waals surface area (Å²) < 4.78 is 14.7. The van der Waals surface area contributed by atoms with Crippen LogP contribution in [0.15, 0.2) is 40.9 Å². The largest absolute Gasteiger partial charge is 0.493 e. The molecule has 0 unspecified atom stereocenters. The minimum atomic E-state index is -1.92. The van der Waals surface area contributed by atoms with Crippen LogP contribution in [0.1, 0.15) is 10.4 Å². The zero-order valence-electron chi connectivity index (χ0n) is 16.6. The molecule has 0 heterocycles. The van der Waals surface area contributed by atoms with Crippen molar-refractivity contribution in [2.45, 2.75) is 9.96 Å². The predicted octanol–water partition coefficient (Wildman–Crippen LogP) is 4.89. The fraction of sp³-hybridized carbons (Fsp3) is 0.263. The third kappa shape index (κ3) is 7.18. The van der Waals surface area contributed by atoms with E-state index in [0.29, 0.717) is 22.9 Å². The molecule has 1 atom stereocenters. The molecular weight excluding hydrogens is 553 g/mol. The molecule has 0 aliphatic rings. The lowest BCUT2D eigenvalue weighted by Gasteiger charge is -2.28. The highest BCUT2D eigenvalue weighted by Crippen LogP contribution is 2.38. The van der Waals surface area contributed by atoms with E-state index in [-0.39, 0.29) is 10.7 Å². The number of ether oxygens (including phenoxy) is 3. The lowest BCUT2D eigenvalue weighted by molar-refractivity contribution is 0.0933. The number of hydrogen-bond donors (Lipinski definition) is 3. The molecule has 2 aromatic rings. The minimum absolute atomic E-state index is 0.139. The summed E-state index contributed by atoms with van der Waals surface area (Å²) in [7, 11) is 4.34. The highest BCUT2D eigenvalue weighted by Gasteiger charge is 2.35. The van der Waals surface area contributed by atoms with Gasteiger partial charge in [0.05, 0.1) is 21.3 Å². The summed E-state index contributed by atoms with van der Waals surface area (Å²) in [4.78, 5) is 12.9. The Kier molecular flexibility index (Phi) is 9.32. The number of carbonyl (C=O) groups excluding carboxylic acids is 1. The number of nitrogens with one attached hydrogen (secondary N) is 3. The van der Waals surface area contributed by atoms with Gasteiger partial charge in [-0.3, -0.25) is 4.79 Å². The molecule has 31 heavy (non-hydrogen) atoms. The maximum Gasteiger partial charge on any atom is 0.253 e. The molecule has 0 fully saturated rings. The molecule has 2 rings (SSSR count). The van der Waals surface area contributed by atoms with Gasteiger partial charge in [-0.2, -0.15) is 0 Å². The second-order valence-electron chi connectivity index (χ2n) is 5.97. The summed E-state index contributed by atoms with van der Waals surface area (Å²) in [6.45, 7) is 0. The molecule has 0 saturated carbocycles. The molecule has 0 spiro atoms. The number of carbonyl (C=O) groups is 1. The molecule has 168 valence electrons. The van der Waals surface area contributed by atoms with E-state index in [9.17, 15) is 4.79 Å². The van der Waals surface area contributed by atoms with Crippen LogP contribution in [0, 0.1) is 0 Å². The van der Waals surface area contributed by atoms with E-state index < -0.39 is 15.9 Å². The monoisotopic (exact) mass is 569 g/mol. The molecule has 7 nitrogen and oxygen atoms in total. The molecular formula is C19H19BrCl3N3O4S. The number of rotatable bonds is 7. The molecule has 0 aliphatic carbocycles. The van der Waals surface area contributed by atoms with E-state index in [1.165, 1.54) is 33.5 Å². The van der Waals surface area contributed by atoms with Crippen LogP contribution in [0.3, 0.4) is 0 Å². The normalized spacial score (nSPS) is 11.8. The van der Waals surface area contributed by atoms with Crippen molar-refractivity contribution in [2.75, 3.05) is 26.6 Å². The van der Waals surface area contributed by atoms with Gasteiger partial charge in [-0.1, -0.05) is 56.8 Å². The van der Waals surface area contributed by atoms with Gasteiger partial charge in [0, 0.05) is 15.7 Å². The van der Waals surface area contributed by atoms with Crippen molar-refractivity contribution in [3.63, 3.8) is 0 Å². The minimum Gasteiger partial charge on any atom is -0.493 e. The first kappa shape index (κ1) is 25.6. The van der Waals surface area contributed by atoms with Crippen molar-refractivity contribution in [1.82, 2.24) is 10.6 Å². The van der Waals surface area contributed by atoms with Crippen LogP contribution in [-0.4, -0.2) is 42.3 Å². The lowest BCUT2D eigenvalue weighted by atomic mass is 10.1. The van der Waals surface area contributed by atoms with E-state index in [4.69, 9.17) is 61.2 Å². The summed E-state index contributed by atoms with van der Waals surface area (Å²) in [5.74, 6) is 0.389. The average Bonchev–Trinajstić information content (AvgIpc) is 2.71. The summed E-state index contributed by atoms with van der Waals surface area (Å²) in [6, 6.07) is 10.3. The second-order valence-corrected chi connectivity index (χ2v) is 9.66. The third-order valence-corrected chi connectivity index (χ3v) is 5.26. The number of halogens is 4. The Morgan fingerprint density at radius 1 is 1.03 bits per heavy atom. The highest BCUT2D eigenvalue weighted by molar-refractivity contribution is 9.10. The Morgan fingerprint density at radius 3 is 2.13 bits per heavy atom. The smallest absolute Gasteiger partial charge is 0.253 e. The Bertz CT molecular complexity index is 934. The zero-order valence-corrected chi connectivity index (χ0v) is 21.3. The average molecular weight is 572 g/mol. The number of amides is 1. The van der Waals surface area contributed by atoms with Gasteiger partial charge in [0.15, 0.2) is 16.6 Å². The van der Waals surface area contributed by atoms with Gasteiger partial charge in [-0.25, -0.2) is 0 Å². The van der Waals surface area contributed by atoms with Gasteiger partial charge < -0.3 is 30.2 Å². The van der Waals surface area contributed by atoms with Crippen LogP contribution < -0.4 is 30.2 Å². The Balaban J connectivity index is 2.21. The van der Waals surface area contributed by atoms with Gasteiger partial charge in [-0.05, 0) is 42.5 Å². The zero-order chi connectivity index (χ0) is 23.2. The summed E-state index contributed by atoms with van der Waals surface area (Å²) in [5.41, 5.74) is 0.896. The molecule has 0 saturated heterocycles. The highest BCUT2D eigenvalue weighted by atomic mass is 79.9. The number of hydrogen-bond acceptors (Lipinski definition) is 5. The Morgan fingerprint density at radius 2 is 1.65 bits per heavy atom. The van der Waals surface area contributed by atoms with Crippen molar-refractivity contribution < 1.29 is 19.0 Å². The van der Waals surface area contributed by atoms with Gasteiger partial charge >= 0.3 is 0 Å². The van der Waals surface area contributed by atoms with Crippen molar-refractivity contribution in [3.8, 4) is 17.2 Å². The van der Waals surface area contributed by atoms with E-state index in [2.05, 4.69) is 31.9 Å². The quantitative estimate of drug-likeness (QED) is 0.248. The molecule has 0 aliphatic heterocycles. The molecule has 0 aromatic heterocycles. The second kappa shape index (κ2) is 11.3. The Hall–Kier alpha value is -1.65. The SMILES string of the molecule is COc1cc(C(=O)N[C@H](NC(=S)Nc2cccc(Br)c2)C(Cl)(Cl)Cl)cc(OC)c1OC. The first-order valence-electron chi connectivity index (χ1n) is 8.59. The van der Waals surface area contributed by atoms with E-state index in [1.54, 1.807) is 6.07 Å². The number of alkyl halides is 3. The van der Waals surface area contributed by atoms with Gasteiger partial charge in [0.25, 0.3) is 5.91 Å². The topological polar surface area (TPSA) is 80.9 Å². The van der Waals surface area contributed by atoms with Gasteiger partial charge in [0.2, 0.25) is 9.54 Å². The summed E-state index contributed by atoms with van der Waals surface area (Å²) in [6.07, 6.45) is -1.16. The van der Waals surface area contributed by atoms with E-state index in [1.807, 2.05) is 18.2 Å². The molecule has 12 heteroatoms. The fourth-order valence-electron chi connectivity index (χ4n) is 2.49. The number of methoxy groups -OCH3 is 3. The first-order valence-corrected chi connectivity index (χ1v) is 10.9. The van der Waals surface area contributed by atoms with Crippen molar-refractivity contribution in [3.05, 3.63) is 46.4 Å². The van der Waals surface area contributed by atoms with Crippen molar-refractivity contribution in [1.29, 1.82) is 0 Å². The molecule has 0 radical (unpaired) electrons. The van der Waals surface area contributed by atoms with E-state index in [0.717, 1.165) is 4.47 Å². The maximum absolute atomic E-state index is 12.9. The predicted molar refractivity (Wildman–Crippen MR) is 131 cm³/mol. The van der Waals surface area contributed by atoms with Crippen LogP contribution in [-0.2, 0) is 0 Å². The first-order chi connectivity index (χ1) is 14.6. The number of anilines is 1. The number of benzene rings is 2. The van der Waals surface area contributed by atoms with Gasteiger partial charge in [-0.15, -0.1) is 0 Å². The van der Waals surface area contributed by atoms with Crippen molar-refractivity contribution in [2.24, 2.45) is 0 Å². The van der Waals surface area contributed by atoms with Crippen LogP contribution in [0.4, 0.5) is 5.69 Å².